The molecule has 0 bridgehead atoms. The molecule has 0 aliphatic heterocycles. The minimum absolute atomic E-state index is 0.0668. The zero-order chi connectivity index (χ0) is 15.8. The van der Waals surface area contributed by atoms with E-state index in [0.717, 1.165) is 13.1 Å². The summed E-state index contributed by atoms with van der Waals surface area (Å²) >= 11 is 0. The molecule has 0 radical (unpaired) electrons. The lowest BCUT2D eigenvalue weighted by Crippen LogP contribution is -2.35. The van der Waals surface area contributed by atoms with Crippen LogP contribution in [0, 0.1) is 10.1 Å². The predicted molar refractivity (Wildman–Crippen MR) is 78.9 cm³/mol. The number of nitro groups is 1. The Morgan fingerprint density at radius 1 is 1.33 bits per heavy atom. The van der Waals surface area contributed by atoms with Gasteiger partial charge in [-0.3, -0.25) is 10.1 Å². The molecule has 0 saturated carbocycles. The van der Waals surface area contributed by atoms with Crippen LogP contribution in [0.5, 0.6) is 11.5 Å². The number of benzene rings is 1. The highest BCUT2D eigenvalue weighted by molar-refractivity contribution is 5.48. The molecule has 1 aromatic carbocycles. The maximum absolute atomic E-state index is 10.7. The number of aliphatic hydroxyl groups is 1. The summed E-state index contributed by atoms with van der Waals surface area (Å²) in [4.78, 5) is 12.3. The molecule has 0 spiro atoms. The normalized spacial score (nSPS) is 12.2. The molecule has 7 heteroatoms. The molecular weight excluding hydrogens is 276 g/mol. The summed E-state index contributed by atoms with van der Waals surface area (Å²) in [5, 5.41) is 20.6. The average Bonchev–Trinajstić information content (AvgIpc) is 2.50. The average molecular weight is 298 g/mol. The van der Waals surface area contributed by atoms with Gasteiger partial charge >= 0.3 is 0 Å². The third-order valence-electron chi connectivity index (χ3n) is 3.15. The van der Waals surface area contributed by atoms with Crippen LogP contribution in [0.25, 0.3) is 0 Å². The van der Waals surface area contributed by atoms with Crippen molar-refractivity contribution >= 4 is 5.69 Å². The van der Waals surface area contributed by atoms with Crippen LogP contribution < -0.4 is 9.47 Å². The Morgan fingerprint density at radius 3 is 2.52 bits per heavy atom. The second-order valence-electron chi connectivity index (χ2n) is 4.54. The van der Waals surface area contributed by atoms with E-state index in [-0.39, 0.29) is 18.0 Å². The number of nitrogens with zero attached hydrogens (tertiary/aromatic N) is 2. The van der Waals surface area contributed by atoms with Gasteiger partial charge in [-0.2, -0.15) is 0 Å². The first-order valence-electron chi connectivity index (χ1n) is 6.87. The maximum Gasteiger partial charge on any atom is 0.273 e. The molecule has 0 fully saturated rings. The molecule has 0 saturated heterocycles. The van der Waals surface area contributed by atoms with E-state index in [9.17, 15) is 15.2 Å². The summed E-state index contributed by atoms with van der Waals surface area (Å²) in [6, 6.07) is 4.11. The van der Waals surface area contributed by atoms with E-state index in [1.807, 2.05) is 13.8 Å². The van der Waals surface area contributed by atoms with Crippen molar-refractivity contribution in [2.24, 2.45) is 0 Å². The van der Waals surface area contributed by atoms with E-state index in [1.54, 1.807) is 0 Å². The Bertz CT molecular complexity index is 463. The Morgan fingerprint density at radius 2 is 2.00 bits per heavy atom. The van der Waals surface area contributed by atoms with Gasteiger partial charge in [0, 0.05) is 12.6 Å². The van der Waals surface area contributed by atoms with Gasteiger partial charge in [-0.15, -0.1) is 0 Å². The fourth-order valence-corrected chi connectivity index (χ4v) is 1.91. The van der Waals surface area contributed by atoms with E-state index in [0.29, 0.717) is 12.3 Å². The van der Waals surface area contributed by atoms with Gasteiger partial charge in [-0.1, -0.05) is 13.8 Å². The van der Waals surface area contributed by atoms with Gasteiger partial charge in [0.15, 0.2) is 11.5 Å². The van der Waals surface area contributed by atoms with E-state index < -0.39 is 11.0 Å². The molecule has 7 nitrogen and oxygen atoms in total. The summed E-state index contributed by atoms with van der Waals surface area (Å²) in [5.74, 6) is 0.654. The fourth-order valence-electron chi connectivity index (χ4n) is 1.91. The quantitative estimate of drug-likeness (QED) is 0.551. The van der Waals surface area contributed by atoms with Crippen molar-refractivity contribution in [2.45, 2.75) is 20.0 Å². The van der Waals surface area contributed by atoms with Gasteiger partial charge < -0.3 is 19.5 Å². The number of nitro benzene ring substituents is 1. The lowest BCUT2D eigenvalue weighted by molar-refractivity contribution is -0.384. The van der Waals surface area contributed by atoms with E-state index in [2.05, 4.69) is 4.90 Å². The van der Waals surface area contributed by atoms with Crippen LogP contribution in [-0.2, 0) is 0 Å². The zero-order valence-electron chi connectivity index (χ0n) is 12.6. The third kappa shape index (κ3) is 5.20. The van der Waals surface area contributed by atoms with Gasteiger partial charge in [0.2, 0.25) is 0 Å². The first-order valence-corrected chi connectivity index (χ1v) is 6.87. The van der Waals surface area contributed by atoms with Crippen molar-refractivity contribution < 1.29 is 19.5 Å². The summed E-state index contributed by atoms with van der Waals surface area (Å²) in [6.07, 6.45) is -0.634. The highest BCUT2D eigenvalue weighted by Gasteiger charge is 2.15. The smallest absolute Gasteiger partial charge is 0.273 e. The predicted octanol–water partition coefficient (Wildman–Crippen LogP) is 1.68. The Balaban J connectivity index is 2.64. The van der Waals surface area contributed by atoms with Crippen molar-refractivity contribution in [1.82, 2.24) is 4.90 Å². The summed E-state index contributed by atoms with van der Waals surface area (Å²) in [7, 11) is 1.41. The van der Waals surface area contributed by atoms with Crippen LogP contribution in [0.1, 0.15) is 13.8 Å². The summed E-state index contributed by atoms with van der Waals surface area (Å²) < 4.78 is 10.6. The van der Waals surface area contributed by atoms with Crippen molar-refractivity contribution in [3.63, 3.8) is 0 Å². The van der Waals surface area contributed by atoms with E-state index >= 15 is 0 Å². The summed E-state index contributed by atoms with van der Waals surface area (Å²) in [6.45, 7) is 6.38. The van der Waals surface area contributed by atoms with Crippen LogP contribution in [0.2, 0.25) is 0 Å². The number of hydrogen-bond donors (Lipinski definition) is 1. The highest BCUT2D eigenvalue weighted by Crippen LogP contribution is 2.31. The lowest BCUT2D eigenvalue weighted by atomic mass is 10.2. The minimum Gasteiger partial charge on any atom is -0.493 e. The zero-order valence-corrected chi connectivity index (χ0v) is 12.6. The number of rotatable bonds is 9. The first-order chi connectivity index (χ1) is 10.0. The van der Waals surface area contributed by atoms with Crippen molar-refractivity contribution in [2.75, 3.05) is 33.4 Å². The Hall–Kier alpha value is -1.86. The molecule has 0 aliphatic carbocycles. The SMILES string of the molecule is CCN(CC)C[C@@H](O)COc1ccc([N+](=O)[O-])cc1OC. The number of aliphatic hydroxyl groups excluding tert-OH is 1. The first kappa shape index (κ1) is 17.2. The largest absolute Gasteiger partial charge is 0.493 e. The van der Waals surface area contributed by atoms with Crippen LogP contribution >= 0.6 is 0 Å². The van der Waals surface area contributed by atoms with E-state index in [1.165, 1.54) is 25.3 Å². The second-order valence-corrected chi connectivity index (χ2v) is 4.54. The number of ether oxygens (including phenoxy) is 2. The molecule has 21 heavy (non-hydrogen) atoms. The van der Waals surface area contributed by atoms with Gasteiger partial charge in [-0.25, -0.2) is 0 Å². The van der Waals surface area contributed by atoms with Crippen LogP contribution in [0.4, 0.5) is 5.69 Å². The van der Waals surface area contributed by atoms with Gasteiger partial charge in [-0.05, 0) is 19.2 Å². The molecule has 1 N–H and O–H groups in total. The van der Waals surface area contributed by atoms with Gasteiger partial charge in [0.05, 0.1) is 18.1 Å². The molecule has 0 amide bonds. The fraction of sp³-hybridized carbons (Fsp3) is 0.571. The van der Waals surface area contributed by atoms with Gasteiger partial charge in [0.1, 0.15) is 12.7 Å². The number of methoxy groups -OCH3 is 1. The molecule has 0 heterocycles. The van der Waals surface area contributed by atoms with Gasteiger partial charge in [0.25, 0.3) is 5.69 Å². The molecule has 0 aromatic heterocycles. The highest BCUT2D eigenvalue weighted by atomic mass is 16.6. The lowest BCUT2D eigenvalue weighted by Gasteiger charge is -2.22. The van der Waals surface area contributed by atoms with Crippen molar-refractivity contribution in [1.29, 1.82) is 0 Å². The number of hydrogen-bond acceptors (Lipinski definition) is 6. The second kappa shape index (κ2) is 8.43. The van der Waals surface area contributed by atoms with E-state index in [4.69, 9.17) is 9.47 Å². The maximum atomic E-state index is 10.7. The number of likely N-dealkylation sites (N-methyl/N-ethyl adjacent to an activating group) is 1. The van der Waals surface area contributed by atoms with Crippen molar-refractivity contribution in [3.05, 3.63) is 28.3 Å². The molecule has 1 aromatic rings. The molecule has 0 unspecified atom stereocenters. The topological polar surface area (TPSA) is 85.1 Å². The molecule has 0 aliphatic rings. The van der Waals surface area contributed by atoms with Crippen LogP contribution in [-0.4, -0.2) is 54.4 Å². The molecule has 1 rings (SSSR count). The molecule has 118 valence electrons. The van der Waals surface area contributed by atoms with Crippen molar-refractivity contribution in [3.8, 4) is 11.5 Å². The summed E-state index contributed by atoms with van der Waals surface area (Å²) in [5.41, 5.74) is -0.0668. The minimum atomic E-state index is -0.634. The van der Waals surface area contributed by atoms with Crippen LogP contribution in [0.15, 0.2) is 18.2 Å². The Labute approximate surface area is 124 Å². The Kier molecular flexibility index (Phi) is 6.90. The number of non-ortho nitro benzene ring substituents is 1. The monoisotopic (exact) mass is 298 g/mol. The standard InChI is InChI=1S/C14H22N2O5/c1-4-15(5-2)9-12(17)10-21-13-7-6-11(16(18)19)8-14(13)20-3/h6-8,12,17H,4-5,9-10H2,1-3H3/t12-/m1/s1. The van der Waals surface area contributed by atoms with Crippen LogP contribution in [0.3, 0.4) is 0 Å². The third-order valence-corrected chi connectivity index (χ3v) is 3.15. The molecular formula is C14H22N2O5. The molecule has 1 atom stereocenters.